The number of amides is 1. The largest absolute Gasteiger partial charge is 0.320 e. The molecule has 0 saturated carbocycles. The minimum atomic E-state index is -0.204. The van der Waals surface area contributed by atoms with Gasteiger partial charge in [0, 0.05) is 16.3 Å². The van der Waals surface area contributed by atoms with E-state index in [0.29, 0.717) is 16.3 Å². The highest BCUT2D eigenvalue weighted by molar-refractivity contribution is 14.1. The summed E-state index contributed by atoms with van der Waals surface area (Å²) in [6.45, 7) is 1.85. The second-order valence-electron chi connectivity index (χ2n) is 3.85. The van der Waals surface area contributed by atoms with Gasteiger partial charge in [0.05, 0.1) is 22.5 Å². The molecule has 1 heterocycles. The number of nitrogens with one attached hydrogen (secondary N) is 1. The molecule has 0 aliphatic carbocycles. The summed E-state index contributed by atoms with van der Waals surface area (Å²) in [5.74, 6) is -0.204. The SMILES string of the molecule is Cc1c(C(=O)Nc2cc(I)ccc2Cl)cnn1C. The zero-order valence-corrected chi connectivity index (χ0v) is 12.8. The first kappa shape index (κ1) is 13.4. The van der Waals surface area contributed by atoms with E-state index >= 15 is 0 Å². The van der Waals surface area contributed by atoms with E-state index in [1.807, 2.05) is 19.1 Å². The summed E-state index contributed by atoms with van der Waals surface area (Å²) in [7, 11) is 1.80. The van der Waals surface area contributed by atoms with Crippen LogP contribution in [0.4, 0.5) is 5.69 Å². The smallest absolute Gasteiger partial charge is 0.259 e. The second kappa shape index (κ2) is 5.27. The number of hydrogen-bond acceptors (Lipinski definition) is 2. The van der Waals surface area contributed by atoms with Crippen molar-refractivity contribution in [2.45, 2.75) is 6.92 Å². The monoisotopic (exact) mass is 375 g/mol. The van der Waals surface area contributed by atoms with Crippen LogP contribution in [0, 0.1) is 10.5 Å². The standard InChI is InChI=1S/C12H11ClIN3O/c1-7-9(6-15-17(7)2)12(18)16-11-5-8(14)3-4-10(11)13/h3-6H,1-2H3,(H,16,18). The van der Waals surface area contributed by atoms with Crippen molar-refractivity contribution in [2.75, 3.05) is 5.32 Å². The molecule has 18 heavy (non-hydrogen) atoms. The quantitative estimate of drug-likeness (QED) is 0.819. The number of carbonyl (C=O) groups is 1. The van der Waals surface area contributed by atoms with Gasteiger partial charge in [-0.1, -0.05) is 11.6 Å². The lowest BCUT2D eigenvalue weighted by atomic mass is 10.2. The summed E-state index contributed by atoms with van der Waals surface area (Å²) in [5.41, 5.74) is 1.97. The Morgan fingerprint density at radius 1 is 1.50 bits per heavy atom. The maximum Gasteiger partial charge on any atom is 0.259 e. The first-order valence-corrected chi connectivity index (χ1v) is 6.69. The van der Waals surface area contributed by atoms with E-state index in [0.717, 1.165) is 9.26 Å². The number of anilines is 1. The molecule has 1 N–H and O–H groups in total. The molecule has 6 heteroatoms. The van der Waals surface area contributed by atoms with Crippen LogP contribution < -0.4 is 5.32 Å². The van der Waals surface area contributed by atoms with E-state index in [1.165, 1.54) is 0 Å². The number of aryl methyl sites for hydroxylation is 1. The van der Waals surface area contributed by atoms with Crippen LogP contribution in [0.5, 0.6) is 0 Å². The lowest BCUT2D eigenvalue weighted by Crippen LogP contribution is -2.13. The van der Waals surface area contributed by atoms with Crippen LogP contribution in [0.1, 0.15) is 16.1 Å². The molecular formula is C12H11ClIN3O. The molecule has 0 atom stereocenters. The number of nitrogens with zero attached hydrogens (tertiary/aromatic N) is 2. The molecule has 2 aromatic rings. The Morgan fingerprint density at radius 3 is 2.83 bits per heavy atom. The average molecular weight is 376 g/mol. The summed E-state index contributed by atoms with van der Waals surface area (Å²) < 4.78 is 2.67. The van der Waals surface area contributed by atoms with E-state index in [1.54, 1.807) is 24.0 Å². The molecule has 0 saturated heterocycles. The highest BCUT2D eigenvalue weighted by Crippen LogP contribution is 2.24. The Bertz CT molecular complexity index is 609. The summed E-state index contributed by atoms with van der Waals surface area (Å²) in [6, 6.07) is 5.47. The molecule has 0 aliphatic rings. The van der Waals surface area contributed by atoms with E-state index in [2.05, 4.69) is 33.0 Å². The van der Waals surface area contributed by atoms with E-state index in [-0.39, 0.29) is 5.91 Å². The van der Waals surface area contributed by atoms with Gasteiger partial charge in [-0.3, -0.25) is 9.48 Å². The van der Waals surface area contributed by atoms with Gasteiger partial charge in [-0.2, -0.15) is 5.10 Å². The van der Waals surface area contributed by atoms with Gasteiger partial charge in [-0.05, 0) is 47.7 Å². The third kappa shape index (κ3) is 2.67. The van der Waals surface area contributed by atoms with Crippen molar-refractivity contribution >= 4 is 45.8 Å². The Morgan fingerprint density at radius 2 is 2.22 bits per heavy atom. The fraction of sp³-hybridized carbons (Fsp3) is 0.167. The minimum absolute atomic E-state index is 0.204. The molecule has 1 aromatic heterocycles. The highest BCUT2D eigenvalue weighted by atomic mass is 127. The van der Waals surface area contributed by atoms with Crippen molar-refractivity contribution < 1.29 is 4.79 Å². The van der Waals surface area contributed by atoms with Crippen molar-refractivity contribution in [1.82, 2.24) is 9.78 Å². The lowest BCUT2D eigenvalue weighted by Gasteiger charge is -2.07. The fourth-order valence-electron chi connectivity index (χ4n) is 1.50. The Balaban J connectivity index is 2.27. The van der Waals surface area contributed by atoms with Crippen molar-refractivity contribution in [3.8, 4) is 0 Å². The number of rotatable bonds is 2. The first-order chi connectivity index (χ1) is 8.49. The zero-order valence-electron chi connectivity index (χ0n) is 9.87. The lowest BCUT2D eigenvalue weighted by molar-refractivity contribution is 0.102. The van der Waals surface area contributed by atoms with Gasteiger partial charge < -0.3 is 5.32 Å². The Hall–Kier alpha value is -1.08. The van der Waals surface area contributed by atoms with E-state index in [9.17, 15) is 4.79 Å². The number of aromatic nitrogens is 2. The summed E-state index contributed by atoms with van der Waals surface area (Å²) in [5, 5.41) is 7.35. The average Bonchev–Trinajstić information content (AvgIpc) is 2.65. The predicted octanol–water partition coefficient (Wildman–Crippen LogP) is 3.24. The summed E-state index contributed by atoms with van der Waals surface area (Å²) in [4.78, 5) is 12.1. The van der Waals surface area contributed by atoms with Gasteiger partial charge in [0.25, 0.3) is 5.91 Å². The van der Waals surface area contributed by atoms with Crippen LogP contribution in [0.25, 0.3) is 0 Å². The van der Waals surface area contributed by atoms with Crippen LogP contribution in [0.3, 0.4) is 0 Å². The molecule has 1 amide bonds. The van der Waals surface area contributed by atoms with Crippen molar-refractivity contribution in [1.29, 1.82) is 0 Å². The minimum Gasteiger partial charge on any atom is -0.320 e. The summed E-state index contributed by atoms with van der Waals surface area (Å²) in [6.07, 6.45) is 1.55. The first-order valence-electron chi connectivity index (χ1n) is 5.24. The predicted molar refractivity (Wildman–Crippen MR) is 80.1 cm³/mol. The molecule has 0 radical (unpaired) electrons. The third-order valence-electron chi connectivity index (χ3n) is 2.66. The number of benzene rings is 1. The Labute approximate surface area is 123 Å². The molecule has 0 spiro atoms. The normalized spacial score (nSPS) is 10.4. The highest BCUT2D eigenvalue weighted by Gasteiger charge is 2.14. The van der Waals surface area contributed by atoms with E-state index < -0.39 is 0 Å². The van der Waals surface area contributed by atoms with Gasteiger partial charge in [0.2, 0.25) is 0 Å². The number of hydrogen-bond donors (Lipinski definition) is 1. The van der Waals surface area contributed by atoms with E-state index in [4.69, 9.17) is 11.6 Å². The van der Waals surface area contributed by atoms with Crippen molar-refractivity contribution in [3.63, 3.8) is 0 Å². The van der Waals surface area contributed by atoms with Gasteiger partial charge in [0.1, 0.15) is 0 Å². The molecule has 4 nitrogen and oxygen atoms in total. The van der Waals surface area contributed by atoms with Crippen molar-refractivity contribution in [3.05, 3.63) is 44.2 Å². The Kier molecular flexibility index (Phi) is 3.91. The number of carbonyl (C=O) groups excluding carboxylic acids is 1. The molecular weight excluding hydrogens is 365 g/mol. The zero-order chi connectivity index (χ0) is 13.3. The molecule has 94 valence electrons. The molecule has 0 bridgehead atoms. The van der Waals surface area contributed by atoms with Crippen LogP contribution in [0.15, 0.2) is 24.4 Å². The van der Waals surface area contributed by atoms with Crippen LogP contribution in [-0.2, 0) is 7.05 Å². The van der Waals surface area contributed by atoms with Crippen LogP contribution in [0.2, 0.25) is 5.02 Å². The van der Waals surface area contributed by atoms with Gasteiger partial charge >= 0.3 is 0 Å². The topological polar surface area (TPSA) is 46.9 Å². The number of halogens is 2. The fourth-order valence-corrected chi connectivity index (χ4v) is 2.16. The van der Waals surface area contributed by atoms with Crippen LogP contribution in [-0.4, -0.2) is 15.7 Å². The molecule has 0 aliphatic heterocycles. The molecule has 1 aromatic carbocycles. The maximum atomic E-state index is 12.1. The maximum absolute atomic E-state index is 12.1. The molecule has 0 unspecified atom stereocenters. The van der Waals surface area contributed by atoms with Crippen LogP contribution >= 0.6 is 34.2 Å². The second-order valence-corrected chi connectivity index (χ2v) is 5.50. The third-order valence-corrected chi connectivity index (χ3v) is 3.66. The van der Waals surface area contributed by atoms with Gasteiger partial charge in [0.15, 0.2) is 0 Å². The molecule has 0 fully saturated rings. The molecule has 2 rings (SSSR count). The van der Waals surface area contributed by atoms with Gasteiger partial charge in [-0.25, -0.2) is 0 Å². The van der Waals surface area contributed by atoms with Gasteiger partial charge in [-0.15, -0.1) is 0 Å². The van der Waals surface area contributed by atoms with Crippen molar-refractivity contribution in [2.24, 2.45) is 7.05 Å². The summed E-state index contributed by atoms with van der Waals surface area (Å²) >= 11 is 8.20.